The quantitative estimate of drug-likeness (QED) is 0.758. The van der Waals surface area contributed by atoms with E-state index in [0.717, 1.165) is 24.4 Å². The highest BCUT2D eigenvalue weighted by Gasteiger charge is 2.14. The maximum Gasteiger partial charge on any atom is 0.315 e. The van der Waals surface area contributed by atoms with Gasteiger partial charge in [0, 0.05) is 23.1 Å². The minimum Gasteiger partial charge on any atom is -0.338 e. The highest BCUT2D eigenvalue weighted by Crippen LogP contribution is 2.20. The standard InChI is InChI=1S/C17H25Cl2N3O/c1-13-5-9-22(10-6-13)8-2-7-20-17(23)21-12-14-3-4-15(18)11-16(14)19/h3-4,11,13H,2,5-10,12H2,1H3,(H2,20,21,23). The topological polar surface area (TPSA) is 44.4 Å². The Labute approximate surface area is 148 Å². The number of urea groups is 1. The van der Waals surface area contributed by atoms with E-state index in [-0.39, 0.29) is 6.03 Å². The highest BCUT2D eigenvalue weighted by molar-refractivity contribution is 6.35. The average Bonchev–Trinajstić information content (AvgIpc) is 2.52. The zero-order chi connectivity index (χ0) is 16.7. The monoisotopic (exact) mass is 357 g/mol. The summed E-state index contributed by atoms with van der Waals surface area (Å²) in [5.74, 6) is 0.856. The minimum atomic E-state index is -0.164. The molecule has 2 amide bonds. The Kier molecular flexibility index (Phi) is 7.47. The molecule has 1 heterocycles. The van der Waals surface area contributed by atoms with Crippen molar-refractivity contribution >= 4 is 29.2 Å². The molecular weight excluding hydrogens is 333 g/mol. The predicted molar refractivity (Wildman–Crippen MR) is 96.2 cm³/mol. The number of rotatable bonds is 6. The van der Waals surface area contributed by atoms with E-state index < -0.39 is 0 Å². The molecule has 6 heteroatoms. The summed E-state index contributed by atoms with van der Waals surface area (Å²) in [4.78, 5) is 14.3. The van der Waals surface area contributed by atoms with Crippen LogP contribution in [0.4, 0.5) is 4.79 Å². The molecule has 2 rings (SSSR count). The van der Waals surface area contributed by atoms with Gasteiger partial charge in [0.2, 0.25) is 0 Å². The lowest BCUT2D eigenvalue weighted by atomic mass is 9.99. The van der Waals surface area contributed by atoms with Crippen LogP contribution in [0.2, 0.25) is 10.0 Å². The fourth-order valence-electron chi connectivity index (χ4n) is 2.69. The Morgan fingerprint density at radius 3 is 2.70 bits per heavy atom. The summed E-state index contributed by atoms with van der Waals surface area (Å²) in [5.41, 5.74) is 0.855. The number of piperidine rings is 1. The minimum absolute atomic E-state index is 0.164. The number of nitrogens with zero attached hydrogens (tertiary/aromatic N) is 1. The molecular formula is C17H25Cl2N3O. The predicted octanol–water partition coefficient (Wildman–Crippen LogP) is 3.91. The maximum atomic E-state index is 11.8. The Balaban J connectivity index is 1.58. The van der Waals surface area contributed by atoms with Crippen molar-refractivity contribution in [1.82, 2.24) is 15.5 Å². The summed E-state index contributed by atoms with van der Waals surface area (Å²) in [6, 6.07) is 5.10. The molecule has 0 saturated carbocycles. The number of benzene rings is 1. The van der Waals surface area contributed by atoms with Crippen molar-refractivity contribution in [3.05, 3.63) is 33.8 Å². The van der Waals surface area contributed by atoms with Gasteiger partial charge >= 0.3 is 6.03 Å². The van der Waals surface area contributed by atoms with E-state index in [1.54, 1.807) is 12.1 Å². The van der Waals surface area contributed by atoms with E-state index >= 15 is 0 Å². The SMILES string of the molecule is CC1CCN(CCCNC(=O)NCc2ccc(Cl)cc2Cl)CC1. The lowest BCUT2D eigenvalue weighted by molar-refractivity contribution is 0.190. The normalized spacial score (nSPS) is 16.3. The second-order valence-corrected chi connectivity index (χ2v) is 7.07. The zero-order valence-electron chi connectivity index (χ0n) is 13.6. The molecule has 4 nitrogen and oxygen atoms in total. The molecule has 1 saturated heterocycles. The highest BCUT2D eigenvalue weighted by atomic mass is 35.5. The number of nitrogens with one attached hydrogen (secondary N) is 2. The molecule has 0 atom stereocenters. The van der Waals surface area contributed by atoms with Gasteiger partial charge in [-0.1, -0.05) is 36.2 Å². The fourth-order valence-corrected chi connectivity index (χ4v) is 3.17. The first kappa shape index (κ1) is 18.4. The number of amides is 2. The molecule has 1 aliphatic heterocycles. The lowest BCUT2D eigenvalue weighted by Crippen LogP contribution is -2.38. The molecule has 1 fully saturated rings. The number of hydrogen-bond donors (Lipinski definition) is 2. The van der Waals surface area contributed by atoms with E-state index in [2.05, 4.69) is 22.5 Å². The van der Waals surface area contributed by atoms with Gasteiger partial charge in [-0.2, -0.15) is 0 Å². The van der Waals surface area contributed by atoms with E-state index in [1.165, 1.54) is 25.9 Å². The molecule has 1 aromatic rings. The first-order chi connectivity index (χ1) is 11.0. The van der Waals surface area contributed by atoms with E-state index in [1.807, 2.05) is 6.07 Å². The van der Waals surface area contributed by atoms with Crippen molar-refractivity contribution in [2.45, 2.75) is 32.7 Å². The summed E-state index contributed by atoms with van der Waals surface area (Å²) < 4.78 is 0. The van der Waals surface area contributed by atoms with Crippen LogP contribution in [0, 0.1) is 5.92 Å². The molecule has 0 bridgehead atoms. The van der Waals surface area contributed by atoms with Crippen LogP contribution in [0.1, 0.15) is 31.7 Å². The Morgan fingerprint density at radius 2 is 2.00 bits per heavy atom. The van der Waals surface area contributed by atoms with Crippen molar-refractivity contribution in [3.8, 4) is 0 Å². The fraction of sp³-hybridized carbons (Fsp3) is 0.588. The first-order valence-corrected chi connectivity index (χ1v) is 8.98. The molecule has 1 aromatic carbocycles. The van der Waals surface area contributed by atoms with E-state index in [0.29, 0.717) is 23.1 Å². The molecule has 128 valence electrons. The number of carbonyl (C=O) groups is 1. The number of likely N-dealkylation sites (tertiary alicyclic amines) is 1. The third-order valence-corrected chi connectivity index (χ3v) is 4.85. The summed E-state index contributed by atoms with van der Waals surface area (Å²) >= 11 is 11.9. The van der Waals surface area contributed by atoms with Crippen LogP contribution < -0.4 is 10.6 Å². The van der Waals surface area contributed by atoms with Gasteiger partial charge in [0.25, 0.3) is 0 Å². The summed E-state index contributed by atoms with van der Waals surface area (Å²) in [7, 11) is 0. The Hall–Kier alpha value is -0.970. The van der Waals surface area contributed by atoms with Crippen molar-refractivity contribution in [2.75, 3.05) is 26.2 Å². The van der Waals surface area contributed by atoms with Gasteiger partial charge in [0.05, 0.1) is 0 Å². The Morgan fingerprint density at radius 1 is 1.26 bits per heavy atom. The van der Waals surface area contributed by atoms with Crippen LogP contribution in [0.25, 0.3) is 0 Å². The summed E-state index contributed by atoms with van der Waals surface area (Å²) in [6.45, 7) is 6.81. The van der Waals surface area contributed by atoms with Gasteiger partial charge in [0.1, 0.15) is 0 Å². The molecule has 23 heavy (non-hydrogen) atoms. The molecule has 0 aliphatic carbocycles. The van der Waals surface area contributed by atoms with Gasteiger partial charge in [-0.3, -0.25) is 0 Å². The van der Waals surface area contributed by atoms with Gasteiger partial charge in [-0.05, 0) is 62.5 Å². The largest absolute Gasteiger partial charge is 0.338 e. The van der Waals surface area contributed by atoms with Crippen molar-refractivity contribution in [3.63, 3.8) is 0 Å². The van der Waals surface area contributed by atoms with Crippen LogP contribution in [0.3, 0.4) is 0 Å². The van der Waals surface area contributed by atoms with Crippen LogP contribution in [0.15, 0.2) is 18.2 Å². The summed E-state index contributed by atoms with van der Waals surface area (Å²) in [6.07, 6.45) is 3.55. The van der Waals surface area contributed by atoms with Crippen LogP contribution in [-0.2, 0) is 6.54 Å². The molecule has 0 aromatic heterocycles. The van der Waals surface area contributed by atoms with Crippen LogP contribution in [-0.4, -0.2) is 37.1 Å². The van der Waals surface area contributed by atoms with Crippen molar-refractivity contribution in [2.24, 2.45) is 5.92 Å². The molecule has 0 unspecified atom stereocenters. The lowest BCUT2D eigenvalue weighted by Gasteiger charge is -2.30. The van der Waals surface area contributed by atoms with Crippen LogP contribution >= 0.6 is 23.2 Å². The second kappa shape index (κ2) is 9.36. The van der Waals surface area contributed by atoms with E-state index in [9.17, 15) is 4.79 Å². The maximum absolute atomic E-state index is 11.8. The zero-order valence-corrected chi connectivity index (χ0v) is 15.1. The first-order valence-electron chi connectivity index (χ1n) is 8.22. The molecule has 0 spiro atoms. The summed E-state index contributed by atoms with van der Waals surface area (Å²) in [5, 5.41) is 6.86. The van der Waals surface area contributed by atoms with Gasteiger partial charge in [-0.25, -0.2) is 4.79 Å². The number of halogens is 2. The third-order valence-electron chi connectivity index (χ3n) is 4.27. The second-order valence-electron chi connectivity index (χ2n) is 6.22. The van der Waals surface area contributed by atoms with Crippen molar-refractivity contribution in [1.29, 1.82) is 0 Å². The van der Waals surface area contributed by atoms with Gasteiger partial charge < -0.3 is 15.5 Å². The molecule has 0 radical (unpaired) electrons. The molecule has 2 N–H and O–H groups in total. The average molecular weight is 358 g/mol. The van der Waals surface area contributed by atoms with Crippen molar-refractivity contribution < 1.29 is 4.79 Å². The number of carbonyl (C=O) groups excluding carboxylic acids is 1. The van der Waals surface area contributed by atoms with E-state index in [4.69, 9.17) is 23.2 Å². The van der Waals surface area contributed by atoms with Crippen LogP contribution in [0.5, 0.6) is 0 Å². The smallest absolute Gasteiger partial charge is 0.315 e. The molecule has 1 aliphatic rings. The van der Waals surface area contributed by atoms with Gasteiger partial charge in [-0.15, -0.1) is 0 Å². The number of hydrogen-bond acceptors (Lipinski definition) is 2. The Bertz CT molecular complexity index is 517. The van der Waals surface area contributed by atoms with Gasteiger partial charge in [0.15, 0.2) is 0 Å². The third kappa shape index (κ3) is 6.58.